The van der Waals surface area contributed by atoms with E-state index in [1.165, 1.54) is 22.6 Å². The molecule has 0 saturated carbocycles. The Balaban J connectivity index is 1.21. The number of carbonyl (C=O) groups is 3. The van der Waals surface area contributed by atoms with E-state index in [9.17, 15) is 14.4 Å². The van der Waals surface area contributed by atoms with Crippen LogP contribution < -0.4 is 5.32 Å². The molecule has 1 fully saturated rings. The number of allylic oxidation sites excluding steroid dienone is 4. The highest BCUT2D eigenvalue weighted by molar-refractivity contribution is 7.09. The van der Waals surface area contributed by atoms with Crippen LogP contribution in [0.1, 0.15) is 63.8 Å². The van der Waals surface area contributed by atoms with E-state index < -0.39 is 0 Å². The topological polar surface area (TPSA) is 82.1 Å². The van der Waals surface area contributed by atoms with Gasteiger partial charge in [-0.25, -0.2) is 0 Å². The molecule has 7 nitrogen and oxygen atoms in total. The summed E-state index contributed by atoms with van der Waals surface area (Å²) in [6, 6.07) is 7.81. The Morgan fingerprint density at radius 3 is 2.63 bits per heavy atom. The number of Topliss-reactive ketones (excluding diaryl/α,β-unsaturated/α-hetero) is 1. The number of likely N-dealkylation sites (tertiary alicyclic amines) is 1. The van der Waals surface area contributed by atoms with Gasteiger partial charge in [-0.3, -0.25) is 24.3 Å². The number of imide groups is 1. The fourth-order valence-electron chi connectivity index (χ4n) is 5.89. The molecule has 1 N–H and O–H groups in total. The van der Waals surface area contributed by atoms with Crippen LogP contribution in [0.15, 0.2) is 58.1 Å². The molecule has 6 rings (SSSR count). The molecule has 4 heterocycles. The third-order valence-electron chi connectivity index (χ3n) is 7.75. The van der Waals surface area contributed by atoms with E-state index in [4.69, 9.17) is 4.99 Å². The Morgan fingerprint density at radius 1 is 1.08 bits per heavy atom. The third-order valence-corrected chi connectivity index (χ3v) is 8.65. The highest BCUT2D eigenvalue weighted by Crippen LogP contribution is 2.36. The summed E-state index contributed by atoms with van der Waals surface area (Å²) in [5, 5.41) is 5.46. The Morgan fingerprint density at radius 2 is 1.87 bits per heavy atom. The lowest BCUT2D eigenvalue weighted by Gasteiger charge is -2.18. The van der Waals surface area contributed by atoms with Gasteiger partial charge in [-0.15, -0.1) is 11.3 Å². The number of hydrogen-bond acceptors (Lipinski definition) is 7. The second-order valence-electron chi connectivity index (χ2n) is 10.6. The quantitative estimate of drug-likeness (QED) is 0.418. The number of anilines is 1. The molecule has 38 heavy (non-hydrogen) atoms. The minimum Gasteiger partial charge on any atom is -0.358 e. The fourth-order valence-corrected chi connectivity index (χ4v) is 6.72. The van der Waals surface area contributed by atoms with Crippen molar-refractivity contribution in [1.29, 1.82) is 0 Å². The molecule has 0 radical (unpaired) electrons. The van der Waals surface area contributed by atoms with E-state index in [0.717, 1.165) is 49.4 Å². The van der Waals surface area contributed by atoms with Crippen LogP contribution in [-0.2, 0) is 17.6 Å². The Hall–Kier alpha value is -3.36. The predicted molar refractivity (Wildman–Crippen MR) is 150 cm³/mol. The van der Waals surface area contributed by atoms with Gasteiger partial charge in [0.1, 0.15) is 0 Å². The number of aliphatic imine (C=N–C) groups is 1. The molecule has 1 atom stereocenters. The second-order valence-corrected chi connectivity index (χ2v) is 11.6. The van der Waals surface area contributed by atoms with Gasteiger partial charge in [0, 0.05) is 42.1 Å². The maximum absolute atomic E-state index is 13.2. The van der Waals surface area contributed by atoms with E-state index in [2.05, 4.69) is 28.6 Å². The van der Waals surface area contributed by atoms with Crippen LogP contribution in [0.3, 0.4) is 0 Å². The van der Waals surface area contributed by atoms with E-state index in [0.29, 0.717) is 41.8 Å². The summed E-state index contributed by atoms with van der Waals surface area (Å²) < 4.78 is 0. The van der Waals surface area contributed by atoms with Crippen LogP contribution in [0.4, 0.5) is 5.69 Å². The standard InChI is InChI=1S/C30H32N4O3S/c1-19(15-21-7-5-14-38-21)31-24-8-4-9-27(35)28(24)26-17-20-16-22-23(18-25(20)32-26)30(37)34(29(22)36)13-6-12-33-10-2-3-11-33/h4-5,7-8,14,16,18-19,32H,2-3,6,9-13,15,17H2,1H3/t19-/m0/s1. The van der Waals surface area contributed by atoms with Crippen molar-refractivity contribution in [3.8, 4) is 0 Å². The number of ketones is 1. The Kier molecular flexibility index (Phi) is 6.84. The molecule has 1 aliphatic carbocycles. The highest BCUT2D eigenvalue weighted by atomic mass is 32.1. The van der Waals surface area contributed by atoms with Crippen molar-refractivity contribution in [2.45, 2.75) is 51.5 Å². The number of amides is 2. The van der Waals surface area contributed by atoms with Crippen molar-refractivity contribution in [3.63, 3.8) is 0 Å². The van der Waals surface area contributed by atoms with Gasteiger partial charge in [0.2, 0.25) is 0 Å². The fraction of sp³-hybridized carbons (Fsp3) is 0.400. The zero-order valence-corrected chi connectivity index (χ0v) is 22.5. The molecule has 4 aliphatic rings. The van der Waals surface area contributed by atoms with Crippen molar-refractivity contribution in [2.75, 3.05) is 31.5 Å². The number of thiophene rings is 1. The molecular weight excluding hydrogens is 496 g/mol. The Labute approximate surface area is 226 Å². The highest BCUT2D eigenvalue weighted by Gasteiger charge is 2.38. The molecule has 196 valence electrons. The van der Waals surface area contributed by atoms with Crippen LogP contribution in [0.2, 0.25) is 0 Å². The average Bonchev–Trinajstić information content (AvgIpc) is 3.69. The molecule has 1 aromatic carbocycles. The smallest absolute Gasteiger partial charge is 0.261 e. The van der Waals surface area contributed by atoms with Crippen molar-refractivity contribution < 1.29 is 14.4 Å². The number of hydrogen-bond donors (Lipinski definition) is 1. The van der Waals surface area contributed by atoms with Crippen molar-refractivity contribution in [3.05, 3.63) is 74.6 Å². The lowest BCUT2D eigenvalue weighted by atomic mass is 9.93. The van der Waals surface area contributed by atoms with Crippen LogP contribution >= 0.6 is 11.3 Å². The zero-order valence-electron chi connectivity index (χ0n) is 21.7. The SMILES string of the molecule is C[C@@H](Cc1cccs1)N=C1C=CCC(=O)C1=C1Cc2cc3c(cc2N1)C(=O)N(CCCN1CCCC1)C3=O. The number of nitrogens with zero attached hydrogens (tertiary/aromatic N) is 3. The zero-order chi connectivity index (χ0) is 26.2. The maximum Gasteiger partial charge on any atom is 0.261 e. The van der Waals surface area contributed by atoms with Gasteiger partial charge in [-0.05, 0) is 81.0 Å². The predicted octanol–water partition coefficient (Wildman–Crippen LogP) is 4.65. The molecule has 2 aromatic rings. The normalized spacial score (nSPS) is 22.9. The van der Waals surface area contributed by atoms with Crippen LogP contribution in [0.25, 0.3) is 0 Å². The van der Waals surface area contributed by atoms with Gasteiger partial charge in [0.05, 0.1) is 28.5 Å². The molecule has 0 unspecified atom stereocenters. The van der Waals surface area contributed by atoms with E-state index in [-0.39, 0.29) is 23.6 Å². The summed E-state index contributed by atoms with van der Waals surface area (Å²) in [4.78, 5) is 49.3. The first kappa shape index (κ1) is 24.9. The van der Waals surface area contributed by atoms with Crippen LogP contribution in [0.5, 0.6) is 0 Å². The summed E-state index contributed by atoms with van der Waals surface area (Å²) in [6.45, 7) is 5.64. The van der Waals surface area contributed by atoms with Gasteiger partial charge < -0.3 is 10.2 Å². The van der Waals surface area contributed by atoms with Gasteiger partial charge in [0.25, 0.3) is 11.8 Å². The summed E-state index contributed by atoms with van der Waals surface area (Å²) in [7, 11) is 0. The van der Waals surface area contributed by atoms with Crippen molar-refractivity contribution >= 4 is 40.3 Å². The van der Waals surface area contributed by atoms with E-state index >= 15 is 0 Å². The van der Waals surface area contributed by atoms with Gasteiger partial charge in [-0.2, -0.15) is 0 Å². The molecular formula is C30H32N4O3S. The number of carbonyl (C=O) groups excluding carboxylic acids is 3. The van der Waals surface area contributed by atoms with E-state index in [1.807, 2.05) is 24.3 Å². The minimum atomic E-state index is -0.224. The third kappa shape index (κ3) is 4.78. The molecule has 1 aromatic heterocycles. The van der Waals surface area contributed by atoms with Crippen molar-refractivity contribution in [1.82, 2.24) is 9.80 Å². The monoisotopic (exact) mass is 528 g/mol. The number of fused-ring (bicyclic) bond motifs is 2. The molecule has 0 spiro atoms. The molecule has 2 amide bonds. The lowest BCUT2D eigenvalue weighted by Crippen LogP contribution is -2.33. The summed E-state index contributed by atoms with van der Waals surface area (Å²) in [6.07, 6.45) is 8.73. The number of rotatable bonds is 7. The first-order valence-corrected chi connectivity index (χ1v) is 14.4. The summed E-state index contributed by atoms with van der Waals surface area (Å²) in [5.41, 5.74) is 4.74. The first-order valence-electron chi connectivity index (χ1n) is 13.5. The minimum absolute atomic E-state index is 0.0359. The van der Waals surface area contributed by atoms with Gasteiger partial charge in [-0.1, -0.05) is 12.1 Å². The van der Waals surface area contributed by atoms with E-state index in [1.54, 1.807) is 17.4 Å². The largest absolute Gasteiger partial charge is 0.358 e. The van der Waals surface area contributed by atoms with Crippen LogP contribution in [-0.4, -0.2) is 65.3 Å². The average molecular weight is 529 g/mol. The lowest BCUT2D eigenvalue weighted by molar-refractivity contribution is -0.114. The summed E-state index contributed by atoms with van der Waals surface area (Å²) in [5.74, 6) is -0.399. The number of benzene rings is 1. The molecule has 3 aliphatic heterocycles. The second kappa shape index (κ2) is 10.4. The van der Waals surface area contributed by atoms with Gasteiger partial charge >= 0.3 is 0 Å². The first-order chi connectivity index (χ1) is 18.5. The van der Waals surface area contributed by atoms with Crippen molar-refractivity contribution in [2.24, 2.45) is 4.99 Å². The molecule has 0 bridgehead atoms. The maximum atomic E-state index is 13.2. The molecule has 1 saturated heterocycles. The molecule has 8 heteroatoms. The summed E-state index contributed by atoms with van der Waals surface area (Å²) >= 11 is 1.71. The Bertz CT molecular complexity index is 1340. The van der Waals surface area contributed by atoms with Crippen LogP contribution in [0, 0.1) is 0 Å². The van der Waals surface area contributed by atoms with Gasteiger partial charge in [0.15, 0.2) is 5.78 Å². The number of nitrogens with one attached hydrogen (secondary N) is 1.